The first kappa shape index (κ1) is 14.3. The van der Waals surface area contributed by atoms with E-state index in [2.05, 4.69) is 48.5 Å². The second-order valence-corrected chi connectivity index (χ2v) is 5.09. The topological polar surface area (TPSA) is 43.1 Å². The second-order valence-electron chi connectivity index (χ2n) is 5.09. The summed E-state index contributed by atoms with van der Waals surface area (Å²) < 4.78 is 0. The Labute approximate surface area is 120 Å². The van der Waals surface area contributed by atoms with E-state index >= 15 is 0 Å². The van der Waals surface area contributed by atoms with E-state index in [4.69, 9.17) is 5.73 Å². The van der Waals surface area contributed by atoms with Crippen molar-refractivity contribution in [2.75, 3.05) is 0 Å². The van der Waals surface area contributed by atoms with Gasteiger partial charge >= 0.3 is 0 Å². The number of carbonyl (C=O) groups is 1. The molecule has 1 amide bonds. The Balaban J connectivity index is 1.89. The van der Waals surface area contributed by atoms with Crippen LogP contribution in [0.25, 0.3) is 11.1 Å². The predicted octanol–water partition coefficient (Wildman–Crippen LogP) is 3.94. The highest BCUT2D eigenvalue weighted by molar-refractivity contribution is 5.73. The van der Waals surface area contributed by atoms with Gasteiger partial charge < -0.3 is 5.73 Å². The van der Waals surface area contributed by atoms with Gasteiger partial charge in [-0.05, 0) is 36.0 Å². The molecule has 0 aliphatic heterocycles. The Morgan fingerprint density at radius 1 is 0.850 bits per heavy atom. The van der Waals surface area contributed by atoms with Crippen LogP contribution in [0, 0.1) is 0 Å². The standard InChI is InChI=1S/C18H21NO/c19-18(20)13-6-1-3-8-15-9-7-12-17(14-15)16-10-4-2-5-11-16/h2,4-5,7,9-12,14H,1,3,6,8,13H2,(H2,19,20). The number of benzene rings is 2. The highest BCUT2D eigenvalue weighted by Gasteiger charge is 2.00. The van der Waals surface area contributed by atoms with Crippen molar-refractivity contribution in [1.29, 1.82) is 0 Å². The molecule has 2 heteroatoms. The van der Waals surface area contributed by atoms with Crippen molar-refractivity contribution in [3.05, 3.63) is 60.2 Å². The minimum Gasteiger partial charge on any atom is -0.370 e. The fraction of sp³-hybridized carbons (Fsp3) is 0.278. The lowest BCUT2D eigenvalue weighted by atomic mass is 10.00. The van der Waals surface area contributed by atoms with E-state index < -0.39 is 0 Å². The zero-order valence-electron chi connectivity index (χ0n) is 11.7. The Hall–Kier alpha value is -2.09. The fourth-order valence-electron chi connectivity index (χ4n) is 2.34. The molecule has 0 heterocycles. The minimum atomic E-state index is -0.198. The summed E-state index contributed by atoms with van der Waals surface area (Å²) in [6.07, 6.45) is 4.61. The first-order chi connectivity index (χ1) is 9.75. The molecule has 0 aliphatic carbocycles. The van der Waals surface area contributed by atoms with Crippen LogP contribution in [0.2, 0.25) is 0 Å². The molecule has 0 aliphatic rings. The molecular formula is C18H21NO. The van der Waals surface area contributed by atoms with E-state index in [0.29, 0.717) is 6.42 Å². The molecule has 20 heavy (non-hydrogen) atoms. The summed E-state index contributed by atoms with van der Waals surface area (Å²) in [6, 6.07) is 19.1. The van der Waals surface area contributed by atoms with Crippen LogP contribution in [0.3, 0.4) is 0 Å². The number of hydrogen-bond donors (Lipinski definition) is 1. The summed E-state index contributed by atoms with van der Waals surface area (Å²) in [5.41, 5.74) is 9.00. The molecular weight excluding hydrogens is 246 g/mol. The van der Waals surface area contributed by atoms with E-state index in [9.17, 15) is 4.79 Å². The van der Waals surface area contributed by atoms with Crippen LogP contribution in [0.5, 0.6) is 0 Å². The van der Waals surface area contributed by atoms with Crippen molar-refractivity contribution in [2.45, 2.75) is 32.1 Å². The molecule has 0 atom stereocenters. The molecule has 0 aromatic heterocycles. The van der Waals surface area contributed by atoms with Crippen LogP contribution in [0.1, 0.15) is 31.2 Å². The first-order valence-corrected chi connectivity index (χ1v) is 7.18. The number of carbonyl (C=O) groups excluding carboxylic acids is 1. The van der Waals surface area contributed by atoms with Crippen LogP contribution in [0.15, 0.2) is 54.6 Å². The van der Waals surface area contributed by atoms with Crippen molar-refractivity contribution in [1.82, 2.24) is 0 Å². The molecule has 2 N–H and O–H groups in total. The number of hydrogen-bond acceptors (Lipinski definition) is 1. The van der Waals surface area contributed by atoms with Gasteiger partial charge in [0.05, 0.1) is 0 Å². The molecule has 0 saturated heterocycles. The van der Waals surface area contributed by atoms with Crippen LogP contribution in [-0.2, 0) is 11.2 Å². The Kier molecular flexibility index (Phi) is 5.36. The zero-order valence-corrected chi connectivity index (χ0v) is 11.7. The van der Waals surface area contributed by atoms with Crippen molar-refractivity contribution in [3.63, 3.8) is 0 Å². The van der Waals surface area contributed by atoms with E-state index in [1.54, 1.807) is 0 Å². The number of aryl methyl sites for hydroxylation is 1. The molecule has 0 unspecified atom stereocenters. The lowest BCUT2D eigenvalue weighted by molar-refractivity contribution is -0.118. The average Bonchev–Trinajstić information content (AvgIpc) is 2.48. The van der Waals surface area contributed by atoms with Gasteiger partial charge in [0.1, 0.15) is 0 Å². The average molecular weight is 267 g/mol. The third-order valence-electron chi connectivity index (χ3n) is 3.42. The Morgan fingerprint density at radius 2 is 1.60 bits per heavy atom. The summed E-state index contributed by atoms with van der Waals surface area (Å²) in [4.78, 5) is 10.7. The smallest absolute Gasteiger partial charge is 0.217 e. The molecule has 104 valence electrons. The second kappa shape index (κ2) is 7.49. The SMILES string of the molecule is NC(=O)CCCCCc1cccc(-c2ccccc2)c1. The molecule has 0 radical (unpaired) electrons. The van der Waals surface area contributed by atoms with E-state index in [1.165, 1.54) is 16.7 Å². The van der Waals surface area contributed by atoms with Gasteiger partial charge in [0.25, 0.3) is 0 Å². The van der Waals surface area contributed by atoms with Crippen molar-refractivity contribution < 1.29 is 4.79 Å². The van der Waals surface area contributed by atoms with Gasteiger partial charge in [-0.1, -0.05) is 61.0 Å². The number of unbranched alkanes of at least 4 members (excludes halogenated alkanes) is 2. The highest BCUT2D eigenvalue weighted by Crippen LogP contribution is 2.21. The molecule has 2 aromatic rings. The van der Waals surface area contributed by atoms with Crippen molar-refractivity contribution in [3.8, 4) is 11.1 Å². The third kappa shape index (κ3) is 4.54. The summed E-state index contributed by atoms with van der Waals surface area (Å²) in [5, 5.41) is 0. The first-order valence-electron chi connectivity index (χ1n) is 7.18. The van der Waals surface area contributed by atoms with Gasteiger partial charge in [-0.25, -0.2) is 0 Å². The minimum absolute atomic E-state index is 0.198. The van der Waals surface area contributed by atoms with Gasteiger partial charge in [-0.15, -0.1) is 0 Å². The van der Waals surface area contributed by atoms with Crippen LogP contribution in [0.4, 0.5) is 0 Å². The predicted molar refractivity (Wildman–Crippen MR) is 83.2 cm³/mol. The lowest BCUT2D eigenvalue weighted by Gasteiger charge is -2.05. The van der Waals surface area contributed by atoms with Gasteiger partial charge in [0.2, 0.25) is 5.91 Å². The van der Waals surface area contributed by atoms with Crippen molar-refractivity contribution >= 4 is 5.91 Å². The van der Waals surface area contributed by atoms with Gasteiger partial charge in [0, 0.05) is 6.42 Å². The van der Waals surface area contributed by atoms with Gasteiger partial charge in [0.15, 0.2) is 0 Å². The molecule has 0 bridgehead atoms. The van der Waals surface area contributed by atoms with Gasteiger partial charge in [-0.3, -0.25) is 4.79 Å². The van der Waals surface area contributed by atoms with Crippen molar-refractivity contribution in [2.24, 2.45) is 5.73 Å². The molecule has 2 rings (SSSR count). The zero-order chi connectivity index (χ0) is 14.2. The highest BCUT2D eigenvalue weighted by atomic mass is 16.1. The Morgan fingerprint density at radius 3 is 2.35 bits per heavy atom. The monoisotopic (exact) mass is 267 g/mol. The number of primary amides is 1. The maximum Gasteiger partial charge on any atom is 0.217 e. The molecule has 2 aromatic carbocycles. The fourth-order valence-corrected chi connectivity index (χ4v) is 2.34. The third-order valence-corrected chi connectivity index (χ3v) is 3.42. The molecule has 0 saturated carbocycles. The quantitative estimate of drug-likeness (QED) is 0.759. The van der Waals surface area contributed by atoms with E-state index in [1.807, 2.05) is 6.07 Å². The maximum absolute atomic E-state index is 10.7. The number of amides is 1. The normalized spacial score (nSPS) is 10.4. The largest absolute Gasteiger partial charge is 0.370 e. The van der Waals surface area contributed by atoms with Gasteiger partial charge in [-0.2, -0.15) is 0 Å². The summed E-state index contributed by atoms with van der Waals surface area (Å²) in [6.45, 7) is 0. The van der Waals surface area contributed by atoms with Crippen LogP contribution >= 0.6 is 0 Å². The summed E-state index contributed by atoms with van der Waals surface area (Å²) in [7, 11) is 0. The maximum atomic E-state index is 10.7. The van der Waals surface area contributed by atoms with E-state index in [-0.39, 0.29) is 5.91 Å². The molecule has 0 spiro atoms. The summed E-state index contributed by atoms with van der Waals surface area (Å²) >= 11 is 0. The molecule has 0 fully saturated rings. The van der Waals surface area contributed by atoms with E-state index in [0.717, 1.165) is 25.7 Å². The van der Waals surface area contributed by atoms with Crippen LogP contribution in [-0.4, -0.2) is 5.91 Å². The number of rotatable bonds is 7. The number of nitrogens with two attached hydrogens (primary N) is 1. The summed E-state index contributed by atoms with van der Waals surface area (Å²) in [5.74, 6) is -0.198. The lowest BCUT2D eigenvalue weighted by Crippen LogP contribution is -2.09. The molecule has 2 nitrogen and oxygen atoms in total. The Bertz CT molecular complexity index is 548. The van der Waals surface area contributed by atoms with Crippen LogP contribution < -0.4 is 5.73 Å².